The molecule has 2 N–H and O–H groups in total. The zero-order chi connectivity index (χ0) is 14.5. The first-order valence-electron chi connectivity index (χ1n) is 6.52. The van der Waals surface area contributed by atoms with Gasteiger partial charge in [0.1, 0.15) is 6.04 Å². The number of rotatable bonds is 5. The molecule has 1 amide bonds. The van der Waals surface area contributed by atoms with E-state index in [1.165, 1.54) is 12.1 Å². The Labute approximate surface area is 116 Å². The maximum absolute atomic E-state index is 12.1. The molecular formula is C13H17N3O4. The topological polar surface area (TPSA) is 95.7 Å². The molecule has 1 aliphatic rings. The van der Waals surface area contributed by atoms with Crippen LogP contribution >= 0.6 is 0 Å². The van der Waals surface area contributed by atoms with Gasteiger partial charge in [0, 0.05) is 30.9 Å². The Hall–Kier alpha value is -2.15. The number of anilines is 1. The molecule has 0 unspecified atom stereocenters. The normalized spacial score (nSPS) is 18.9. The highest BCUT2D eigenvalue weighted by atomic mass is 16.6. The monoisotopic (exact) mass is 279 g/mol. The summed E-state index contributed by atoms with van der Waals surface area (Å²) in [5, 5.41) is 22.6. The third-order valence-electron chi connectivity index (χ3n) is 3.32. The van der Waals surface area contributed by atoms with Crippen LogP contribution in [0.25, 0.3) is 0 Å². The molecule has 1 aromatic carbocycles. The zero-order valence-corrected chi connectivity index (χ0v) is 11.0. The zero-order valence-electron chi connectivity index (χ0n) is 11.0. The van der Waals surface area contributed by atoms with E-state index in [1.54, 1.807) is 17.0 Å². The molecule has 1 aromatic rings. The number of nitrogens with zero attached hydrogens (tertiary/aromatic N) is 2. The van der Waals surface area contributed by atoms with Gasteiger partial charge in [-0.1, -0.05) is 0 Å². The summed E-state index contributed by atoms with van der Waals surface area (Å²) in [6.45, 7) is 0.963. The lowest BCUT2D eigenvalue weighted by Gasteiger charge is -2.32. The van der Waals surface area contributed by atoms with Gasteiger partial charge < -0.3 is 15.3 Å². The van der Waals surface area contributed by atoms with Gasteiger partial charge in [0.15, 0.2) is 0 Å². The number of nitro benzene ring substituents is 1. The summed E-state index contributed by atoms with van der Waals surface area (Å²) in [7, 11) is 0. The average Bonchev–Trinajstić information content (AvgIpc) is 2.44. The molecule has 1 fully saturated rings. The third-order valence-corrected chi connectivity index (χ3v) is 3.32. The molecule has 0 radical (unpaired) electrons. The van der Waals surface area contributed by atoms with E-state index in [-0.39, 0.29) is 24.2 Å². The smallest absolute Gasteiger partial charge is 0.269 e. The lowest BCUT2D eigenvalue weighted by molar-refractivity contribution is -0.384. The van der Waals surface area contributed by atoms with E-state index in [1.807, 2.05) is 0 Å². The van der Waals surface area contributed by atoms with Crippen LogP contribution in [0.2, 0.25) is 0 Å². The number of benzene rings is 1. The maximum Gasteiger partial charge on any atom is 0.269 e. The number of hydrogen-bond donors (Lipinski definition) is 2. The van der Waals surface area contributed by atoms with Crippen LogP contribution in [-0.4, -0.2) is 46.6 Å². The highest BCUT2D eigenvalue weighted by Crippen LogP contribution is 2.20. The second-order valence-electron chi connectivity index (χ2n) is 4.69. The molecule has 20 heavy (non-hydrogen) atoms. The molecule has 0 aromatic heterocycles. The molecule has 0 saturated carbocycles. The van der Waals surface area contributed by atoms with Crippen molar-refractivity contribution in [2.45, 2.75) is 18.9 Å². The molecule has 1 atom stereocenters. The predicted octanol–water partition coefficient (Wildman–Crippen LogP) is 0.990. The van der Waals surface area contributed by atoms with E-state index in [4.69, 9.17) is 5.11 Å². The highest BCUT2D eigenvalue weighted by Gasteiger charge is 2.28. The third kappa shape index (κ3) is 3.24. The van der Waals surface area contributed by atoms with E-state index < -0.39 is 4.92 Å². The van der Waals surface area contributed by atoms with Gasteiger partial charge in [-0.15, -0.1) is 0 Å². The minimum absolute atomic E-state index is 0.0208. The van der Waals surface area contributed by atoms with Crippen molar-refractivity contribution in [1.29, 1.82) is 0 Å². The summed E-state index contributed by atoms with van der Waals surface area (Å²) in [6.07, 6.45) is 1.59. The molecule has 1 aliphatic heterocycles. The highest BCUT2D eigenvalue weighted by molar-refractivity contribution is 5.85. The summed E-state index contributed by atoms with van der Waals surface area (Å²) < 4.78 is 0. The largest absolute Gasteiger partial charge is 0.395 e. The van der Waals surface area contributed by atoms with Crippen LogP contribution in [0, 0.1) is 10.1 Å². The SMILES string of the molecule is O=C1[C@@H](Nc2ccc([N+](=O)[O-])cc2)CCCN1CCO. The first kappa shape index (κ1) is 14.3. The molecule has 0 spiro atoms. The minimum atomic E-state index is -0.460. The van der Waals surface area contributed by atoms with E-state index in [9.17, 15) is 14.9 Å². The molecule has 7 nitrogen and oxygen atoms in total. The van der Waals surface area contributed by atoms with Gasteiger partial charge in [-0.3, -0.25) is 14.9 Å². The molecule has 7 heteroatoms. The number of nitro groups is 1. The number of carbonyl (C=O) groups is 1. The second kappa shape index (κ2) is 6.33. The van der Waals surface area contributed by atoms with Crippen LogP contribution in [0.4, 0.5) is 11.4 Å². The summed E-state index contributed by atoms with van der Waals surface area (Å²) in [5.74, 6) is -0.0383. The summed E-state index contributed by atoms with van der Waals surface area (Å²) in [4.78, 5) is 23.9. The molecular weight excluding hydrogens is 262 g/mol. The molecule has 0 aliphatic carbocycles. The number of aliphatic hydroxyl groups is 1. The molecule has 108 valence electrons. The Kier molecular flexibility index (Phi) is 4.52. The van der Waals surface area contributed by atoms with Gasteiger partial charge in [-0.25, -0.2) is 0 Å². The van der Waals surface area contributed by atoms with Gasteiger partial charge in [0.05, 0.1) is 11.5 Å². The fourth-order valence-electron chi connectivity index (χ4n) is 2.30. The van der Waals surface area contributed by atoms with Crippen molar-refractivity contribution in [3.63, 3.8) is 0 Å². The first-order valence-corrected chi connectivity index (χ1v) is 6.52. The standard InChI is InChI=1S/C13H17N3O4/c17-9-8-15-7-1-2-12(13(15)18)14-10-3-5-11(6-4-10)16(19)20/h3-6,12,14,17H,1-2,7-9H2/t12-/m0/s1. The number of β-amino-alcohol motifs (C(OH)–C–C–N with tert-alkyl or cyclic N) is 1. The van der Waals surface area contributed by atoms with Crippen molar-refractivity contribution >= 4 is 17.3 Å². The number of amides is 1. The van der Waals surface area contributed by atoms with Crippen LogP contribution in [-0.2, 0) is 4.79 Å². The Morgan fingerprint density at radius 1 is 1.40 bits per heavy atom. The number of aliphatic hydroxyl groups excluding tert-OH is 1. The van der Waals surface area contributed by atoms with Gasteiger partial charge in [-0.2, -0.15) is 0 Å². The second-order valence-corrected chi connectivity index (χ2v) is 4.69. The number of piperidine rings is 1. The van der Waals surface area contributed by atoms with Crippen molar-refractivity contribution in [3.8, 4) is 0 Å². The Morgan fingerprint density at radius 2 is 2.10 bits per heavy atom. The average molecular weight is 279 g/mol. The summed E-state index contributed by atoms with van der Waals surface area (Å²) in [6, 6.07) is 5.66. The van der Waals surface area contributed by atoms with Crippen molar-refractivity contribution in [1.82, 2.24) is 4.90 Å². The lowest BCUT2D eigenvalue weighted by atomic mass is 10.0. The molecule has 2 rings (SSSR count). The first-order chi connectivity index (χ1) is 9.61. The number of nitrogens with one attached hydrogen (secondary N) is 1. The van der Waals surface area contributed by atoms with E-state index in [2.05, 4.69) is 5.32 Å². The summed E-state index contributed by atoms with van der Waals surface area (Å²) in [5.41, 5.74) is 0.701. The van der Waals surface area contributed by atoms with Crippen molar-refractivity contribution in [2.24, 2.45) is 0 Å². The Morgan fingerprint density at radius 3 is 2.70 bits per heavy atom. The number of carbonyl (C=O) groups excluding carboxylic acids is 1. The quantitative estimate of drug-likeness (QED) is 0.619. The van der Waals surface area contributed by atoms with Gasteiger partial charge in [-0.05, 0) is 25.0 Å². The van der Waals surface area contributed by atoms with Crippen LogP contribution in [0.3, 0.4) is 0 Å². The van der Waals surface area contributed by atoms with Gasteiger partial charge in [0.25, 0.3) is 5.69 Å². The maximum atomic E-state index is 12.1. The minimum Gasteiger partial charge on any atom is -0.395 e. The number of likely N-dealkylation sites (tertiary alicyclic amines) is 1. The molecule has 1 saturated heterocycles. The molecule has 1 heterocycles. The van der Waals surface area contributed by atoms with Crippen molar-refractivity contribution < 1.29 is 14.8 Å². The Balaban J connectivity index is 2.01. The van der Waals surface area contributed by atoms with E-state index >= 15 is 0 Å². The van der Waals surface area contributed by atoms with E-state index in [0.717, 1.165) is 12.8 Å². The van der Waals surface area contributed by atoms with Crippen molar-refractivity contribution in [2.75, 3.05) is 25.0 Å². The Bertz CT molecular complexity index is 487. The summed E-state index contributed by atoms with van der Waals surface area (Å²) >= 11 is 0. The lowest BCUT2D eigenvalue weighted by Crippen LogP contribution is -2.48. The number of non-ortho nitro benzene ring substituents is 1. The predicted molar refractivity (Wildman–Crippen MR) is 73.4 cm³/mol. The van der Waals surface area contributed by atoms with Crippen LogP contribution < -0.4 is 5.32 Å². The van der Waals surface area contributed by atoms with Gasteiger partial charge >= 0.3 is 0 Å². The van der Waals surface area contributed by atoms with Crippen LogP contribution in [0.1, 0.15) is 12.8 Å². The fraction of sp³-hybridized carbons (Fsp3) is 0.462. The molecule has 0 bridgehead atoms. The number of hydrogen-bond acceptors (Lipinski definition) is 5. The fourth-order valence-corrected chi connectivity index (χ4v) is 2.30. The van der Waals surface area contributed by atoms with E-state index in [0.29, 0.717) is 18.8 Å². The van der Waals surface area contributed by atoms with Crippen LogP contribution in [0.5, 0.6) is 0 Å². The van der Waals surface area contributed by atoms with Crippen LogP contribution in [0.15, 0.2) is 24.3 Å². The van der Waals surface area contributed by atoms with Crippen molar-refractivity contribution in [3.05, 3.63) is 34.4 Å². The van der Waals surface area contributed by atoms with Gasteiger partial charge in [0.2, 0.25) is 5.91 Å².